The molecule has 0 aromatic rings. The fraction of sp³-hybridized carbons (Fsp3) is 1.00. The van der Waals surface area contributed by atoms with Crippen molar-refractivity contribution in [3.63, 3.8) is 0 Å². The molecule has 2 fully saturated rings. The van der Waals surface area contributed by atoms with Gasteiger partial charge in [0.1, 0.15) is 6.23 Å². The molecule has 212 valence electrons. The van der Waals surface area contributed by atoms with Gasteiger partial charge >= 0.3 is 0 Å². The van der Waals surface area contributed by atoms with Crippen LogP contribution in [0.2, 0.25) is 0 Å². The quantitative estimate of drug-likeness (QED) is 0.305. The molecule has 0 aromatic carbocycles. The van der Waals surface area contributed by atoms with Crippen LogP contribution in [-0.2, 0) is 0 Å². The van der Waals surface area contributed by atoms with Crippen LogP contribution in [0.5, 0.6) is 0 Å². The number of nitrogens with one attached hydrogen (secondary N) is 1. The Kier molecular flexibility index (Phi) is 29.6. The second-order valence-electron chi connectivity index (χ2n) is 10.5. The van der Waals surface area contributed by atoms with E-state index in [0.717, 1.165) is 36.5 Å². The zero-order valence-electron chi connectivity index (χ0n) is 24.1. The van der Waals surface area contributed by atoms with Gasteiger partial charge in [0.25, 0.3) is 0 Å². The van der Waals surface area contributed by atoms with Crippen molar-refractivity contribution < 1.29 is 16.1 Å². The van der Waals surface area contributed by atoms with Gasteiger partial charge < -0.3 is 16.1 Å². The van der Waals surface area contributed by atoms with Gasteiger partial charge in [0.05, 0.1) is 0 Å². The van der Waals surface area contributed by atoms with E-state index in [4.69, 9.17) is 0 Å². The van der Waals surface area contributed by atoms with Crippen molar-refractivity contribution in [2.45, 2.75) is 159 Å². The Hall–Kier alpha value is -0.160. The van der Waals surface area contributed by atoms with Crippen LogP contribution in [0.25, 0.3) is 0 Å². The van der Waals surface area contributed by atoms with Gasteiger partial charge in [0, 0.05) is 6.04 Å². The van der Waals surface area contributed by atoms with Gasteiger partial charge in [0.15, 0.2) is 0 Å². The molecule has 4 atom stereocenters. The fourth-order valence-electron chi connectivity index (χ4n) is 5.85. The zero-order valence-corrected chi connectivity index (χ0v) is 24.1. The molecule has 0 radical (unpaired) electrons. The Labute approximate surface area is 216 Å². The number of hydrogen-bond donors (Lipinski definition) is 2. The molecule has 0 saturated heterocycles. The predicted molar refractivity (Wildman–Crippen MR) is 154 cm³/mol. The van der Waals surface area contributed by atoms with Crippen molar-refractivity contribution in [3.8, 4) is 0 Å². The van der Waals surface area contributed by atoms with Gasteiger partial charge in [-0.25, -0.2) is 0 Å². The Morgan fingerprint density at radius 1 is 0.765 bits per heavy atom. The summed E-state index contributed by atoms with van der Waals surface area (Å²) in [4.78, 5) is 0. The van der Waals surface area contributed by atoms with Crippen molar-refractivity contribution in [2.24, 2.45) is 35.5 Å². The molecule has 4 heteroatoms. The standard InChI is InChI=1S/C25H49NO.2C2H6.CH4.2H2O/c1-6-18(3)16-22(7-2)25(27)26-20(5)17-21-10-14-24(15-11-21)23-12-8-19(4)9-13-23;2*1-2;;;/h18-27H,6-17H2,1-5H3;2*1-2H3;1H4;2*1H2/t18?,19?,20?,21?,22-,23?,24?,25?;;;;;/m1...../s1. The van der Waals surface area contributed by atoms with Gasteiger partial charge in [-0.15, -0.1) is 0 Å². The minimum Gasteiger partial charge on any atom is -0.412 e. The Morgan fingerprint density at radius 2 is 1.21 bits per heavy atom. The van der Waals surface area contributed by atoms with Gasteiger partial charge in [-0.1, -0.05) is 94.9 Å². The second-order valence-corrected chi connectivity index (χ2v) is 10.5. The number of aliphatic hydroxyl groups excluding tert-OH is 1. The summed E-state index contributed by atoms with van der Waals surface area (Å²) < 4.78 is 0. The van der Waals surface area contributed by atoms with Crippen LogP contribution in [0.15, 0.2) is 0 Å². The smallest absolute Gasteiger partial charge is 0.107 e. The van der Waals surface area contributed by atoms with E-state index in [1.165, 1.54) is 64.2 Å². The molecule has 0 aromatic heterocycles. The molecule has 2 saturated carbocycles. The van der Waals surface area contributed by atoms with Gasteiger partial charge in [0.2, 0.25) is 0 Å². The van der Waals surface area contributed by atoms with Crippen LogP contribution in [0, 0.1) is 35.5 Å². The van der Waals surface area contributed by atoms with E-state index in [2.05, 4.69) is 39.9 Å². The number of hydrogen-bond acceptors (Lipinski definition) is 2. The van der Waals surface area contributed by atoms with Crippen LogP contribution >= 0.6 is 0 Å². The first kappa shape index (κ1) is 41.0. The van der Waals surface area contributed by atoms with Crippen LogP contribution in [-0.4, -0.2) is 28.3 Å². The molecular formula is C30H69NO3. The minimum atomic E-state index is -0.334. The van der Waals surface area contributed by atoms with Crippen molar-refractivity contribution in [3.05, 3.63) is 0 Å². The predicted octanol–water partition coefficient (Wildman–Crippen LogP) is 7.81. The van der Waals surface area contributed by atoms with E-state index in [9.17, 15) is 5.11 Å². The van der Waals surface area contributed by atoms with E-state index >= 15 is 0 Å². The largest absolute Gasteiger partial charge is 0.412 e. The summed E-state index contributed by atoms with van der Waals surface area (Å²) in [6.07, 6.45) is 16.0. The molecule has 2 rings (SSSR count). The zero-order chi connectivity index (χ0) is 23.8. The van der Waals surface area contributed by atoms with Crippen LogP contribution in [0.3, 0.4) is 0 Å². The van der Waals surface area contributed by atoms with Crippen LogP contribution < -0.4 is 5.32 Å². The molecule has 0 heterocycles. The first-order chi connectivity index (χ1) is 14.9. The third-order valence-corrected chi connectivity index (χ3v) is 8.13. The molecule has 3 unspecified atom stereocenters. The highest BCUT2D eigenvalue weighted by molar-refractivity contribution is 4.83. The van der Waals surface area contributed by atoms with Crippen molar-refractivity contribution >= 4 is 0 Å². The van der Waals surface area contributed by atoms with Crippen molar-refractivity contribution in [2.75, 3.05) is 0 Å². The lowest BCUT2D eigenvalue weighted by Crippen LogP contribution is -2.43. The molecule has 0 amide bonds. The number of aliphatic hydroxyl groups is 1. The summed E-state index contributed by atoms with van der Waals surface area (Å²) >= 11 is 0. The summed E-state index contributed by atoms with van der Waals surface area (Å²) in [5.74, 6) is 5.00. The summed E-state index contributed by atoms with van der Waals surface area (Å²) in [6.45, 7) is 19.5. The highest BCUT2D eigenvalue weighted by atomic mass is 16.3. The van der Waals surface area contributed by atoms with Gasteiger partial charge in [-0.2, -0.15) is 0 Å². The van der Waals surface area contributed by atoms with E-state index in [1.807, 2.05) is 27.7 Å². The minimum absolute atomic E-state index is 0. The average Bonchev–Trinajstić information content (AvgIpc) is 2.80. The number of rotatable bonds is 10. The van der Waals surface area contributed by atoms with Crippen LogP contribution in [0.1, 0.15) is 147 Å². The Bertz CT molecular complexity index is 391. The Balaban J connectivity index is -0.000000609. The first-order valence-corrected chi connectivity index (χ1v) is 14.4. The molecule has 2 aliphatic carbocycles. The fourth-order valence-corrected chi connectivity index (χ4v) is 5.85. The molecule has 6 N–H and O–H groups in total. The topological polar surface area (TPSA) is 95.3 Å². The maximum absolute atomic E-state index is 10.7. The average molecular weight is 492 g/mol. The maximum atomic E-state index is 10.7. The van der Waals surface area contributed by atoms with E-state index in [-0.39, 0.29) is 24.6 Å². The summed E-state index contributed by atoms with van der Waals surface area (Å²) in [5, 5.41) is 14.2. The summed E-state index contributed by atoms with van der Waals surface area (Å²) in [6, 6.07) is 0.433. The highest BCUT2D eigenvalue weighted by Gasteiger charge is 2.30. The van der Waals surface area contributed by atoms with Gasteiger partial charge in [-0.3, -0.25) is 5.32 Å². The van der Waals surface area contributed by atoms with E-state index in [1.54, 1.807) is 0 Å². The monoisotopic (exact) mass is 492 g/mol. The van der Waals surface area contributed by atoms with Gasteiger partial charge in [-0.05, 0) is 87.4 Å². The summed E-state index contributed by atoms with van der Waals surface area (Å²) in [5.41, 5.74) is 0. The Morgan fingerprint density at radius 3 is 1.62 bits per heavy atom. The molecular weight excluding hydrogens is 422 g/mol. The second kappa shape index (κ2) is 24.5. The molecule has 2 aliphatic rings. The lowest BCUT2D eigenvalue weighted by molar-refractivity contribution is 0.0460. The van der Waals surface area contributed by atoms with E-state index < -0.39 is 0 Å². The normalized spacial score (nSPS) is 27.4. The molecule has 0 bridgehead atoms. The van der Waals surface area contributed by atoms with E-state index in [0.29, 0.717) is 17.9 Å². The molecule has 0 aliphatic heterocycles. The lowest BCUT2D eigenvalue weighted by Gasteiger charge is -2.38. The third-order valence-electron chi connectivity index (χ3n) is 8.13. The molecule has 0 spiro atoms. The lowest BCUT2D eigenvalue weighted by atomic mass is 9.69. The van der Waals surface area contributed by atoms with Crippen molar-refractivity contribution in [1.29, 1.82) is 0 Å². The highest BCUT2D eigenvalue weighted by Crippen LogP contribution is 2.42. The maximum Gasteiger partial charge on any atom is 0.107 e. The third kappa shape index (κ3) is 15.8. The van der Waals surface area contributed by atoms with Crippen molar-refractivity contribution in [1.82, 2.24) is 5.32 Å². The summed E-state index contributed by atoms with van der Waals surface area (Å²) in [7, 11) is 0. The molecule has 4 nitrogen and oxygen atoms in total. The first-order valence-electron chi connectivity index (χ1n) is 14.4. The molecule has 34 heavy (non-hydrogen) atoms. The SMILES string of the molecule is C.CC.CC.CCC(C)C[C@@H](CC)C(O)NC(C)CC1CCC(C2CCC(C)CC2)CC1.O.O. The van der Waals surface area contributed by atoms with Crippen LogP contribution in [0.4, 0.5) is 0 Å².